The minimum Gasteiger partial charge on any atom is -0.486 e. The molecule has 1 aliphatic rings. The van der Waals surface area contributed by atoms with Crippen LogP contribution >= 0.6 is 0 Å². The summed E-state index contributed by atoms with van der Waals surface area (Å²) in [6.45, 7) is 10.0. The van der Waals surface area contributed by atoms with Gasteiger partial charge in [0.15, 0.2) is 11.5 Å². The van der Waals surface area contributed by atoms with Crippen LogP contribution in [0.2, 0.25) is 0 Å². The van der Waals surface area contributed by atoms with Gasteiger partial charge in [0.2, 0.25) is 0 Å². The molecule has 0 fully saturated rings. The number of rotatable bonds is 5. The Balaban J connectivity index is 2.03. The van der Waals surface area contributed by atoms with Crippen LogP contribution in [0.25, 0.3) is 0 Å². The second-order valence-electron chi connectivity index (χ2n) is 6.94. The molecule has 1 aliphatic heterocycles. The zero-order valence-corrected chi connectivity index (χ0v) is 13.5. The quantitative estimate of drug-likeness (QED) is 0.876. The van der Waals surface area contributed by atoms with Gasteiger partial charge in [0, 0.05) is 12.1 Å². The minimum atomic E-state index is 0.0909. The molecular weight excluding hydrogens is 266 g/mol. The lowest BCUT2D eigenvalue weighted by atomic mass is 9.88. The lowest BCUT2D eigenvalue weighted by Crippen LogP contribution is -2.37. The van der Waals surface area contributed by atoms with Gasteiger partial charge >= 0.3 is 0 Å². The molecule has 0 aromatic heterocycles. The van der Waals surface area contributed by atoms with Crippen molar-refractivity contribution in [1.82, 2.24) is 5.32 Å². The molecule has 1 heterocycles. The van der Waals surface area contributed by atoms with Gasteiger partial charge < -0.3 is 19.9 Å². The van der Waals surface area contributed by atoms with E-state index < -0.39 is 0 Å². The summed E-state index contributed by atoms with van der Waals surface area (Å²) in [5.41, 5.74) is 1.33. The first-order valence-electron chi connectivity index (χ1n) is 7.65. The van der Waals surface area contributed by atoms with Crippen molar-refractivity contribution in [2.24, 2.45) is 5.41 Å². The third kappa shape index (κ3) is 4.61. The van der Waals surface area contributed by atoms with E-state index in [0.29, 0.717) is 13.2 Å². The Morgan fingerprint density at radius 3 is 2.48 bits per heavy atom. The lowest BCUT2D eigenvalue weighted by Gasteiger charge is -2.29. The molecule has 0 bridgehead atoms. The normalized spacial score (nSPS) is 17.4. The highest BCUT2D eigenvalue weighted by atomic mass is 16.6. The second kappa shape index (κ2) is 6.67. The van der Waals surface area contributed by atoms with Crippen LogP contribution in [0.5, 0.6) is 11.5 Å². The summed E-state index contributed by atoms with van der Waals surface area (Å²) in [6, 6.07) is 6.28. The van der Waals surface area contributed by atoms with Gasteiger partial charge in [-0.1, -0.05) is 26.8 Å². The predicted molar refractivity (Wildman–Crippen MR) is 83.9 cm³/mol. The van der Waals surface area contributed by atoms with Gasteiger partial charge in [-0.2, -0.15) is 0 Å². The standard InChI is InChI=1S/C17H27NO3/c1-12(18-14(11-19)10-17(2,3)4)13-5-6-15-16(9-13)21-8-7-20-15/h5-6,9,12,14,18-19H,7-8,10-11H2,1-4H3. The van der Waals surface area contributed by atoms with Gasteiger partial charge in [0.05, 0.1) is 6.61 Å². The van der Waals surface area contributed by atoms with Crippen molar-refractivity contribution in [2.75, 3.05) is 19.8 Å². The summed E-state index contributed by atoms with van der Waals surface area (Å²) in [5, 5.41) is 13.1. The van der Waals surface area contributed by atoms with Crippen LogP contribution in [-0.4, -0.2) is 31.0 Å². The number of hydrogen-bond donors (Lipinski definition) is 2. The van der Waals surface area contributed by atoms with Crippen LogP contribution in [0.3, 0.4) is 0 Å². The number of nitrogens with one attached hydrogen (secondary N) is 1. The van der Waals surface area contributed by atoms with Gasteiger partial charge in [-0.3, -0.25) is 0 Å². The van der Waals surface area contributed by atoms with Gasteiger partial charge in [-0.15, -0.1) is 0 Å². The molecule has 0 amide bonds. The van der Waals surface area contributed by atoms with E-state index in [1.165, 1.54) is 0 Å². The summed E-state index contributed by atoms with van der Waals surface area (Å²) in [5.74, 6) is 1.62. The number of aliphatic hydroxyl groups excluding tert-OH is 1. The molecule has 1 aromatic rings. The third-order valence-corrected chi connectivity index (χ3v) is 3.63. The molecule has 2 N–H and O–H groups in total. The van der Waals surface area contributed by atoms with Crippen LogP contribution in [-0.2, 0) is 0 Å². The molecular formula is C17H27NO3. The van der Waals surface area contributed by atoms with Crippen LogP contribution in [0, 0.1) is 5.41 Å². The number of ether oxygens (including phenoxy) is 2. The van der Waals surface area contributed by atoms with E-state index in [2.05, 4.69) is 39.1 Å². The van der Waals surface area contributed by atoms with Crippen LogP contribution in [0.1, 0.15) is 45.7 Å². The highest BCUT2D eigenvalue weighted by Gasteiger charge is 2.21. The van der Waals surface area contributed by atoms with Gasteiger partial charge in [-0.25, -0.2) is 0 Å². The van der Waals surface area contributed by atoms with Crippen molar-refractivity contribution in [1.29, 1.82) is 0 Å². The first-order chi connectivity index (χ1) is 9.89. The summed E-state index contributed by atoms with van der Waals surface area (Å²) in [4.78, 5) is 0. The summed E-state index contributed by atoms with van der Waals surface area (Å²) in [7, 11) is 0. The van der Waals surface area contributed by atoms with Gasteiger partial charge in [-0.05, 0) is 36.5 Å². The average molecular weight is 293 g/mol. The van der Waals surface area contributed by atoms with Crippen molar-refractivity contribution in [2.45, 2.75) is 46.2 Å². The Morgan fingerprint density at radius 1 is 1.19 bits per heavy atom. The zero-order valence-electron chi connectivity index (χ0n) is 13.5. The fourth-order valence-corrected chi connectivity index (χ4v) is 2.69. The molecule has 0 radical (unpaired) electrons. The molecule has 118 valence electrons. The molecule has 4 nitrogen and oxygen atoms in total. The topological polar surface area (TPSA) is 50.7 Å². The molecule has 0 saturated heterocycles. The number of benzene rings is 1. The van der Waals surface area contributed by atoms with E-state index in [-0.39, 0.29) is 24.1 Å². The minimum absolute atomic E-state index is 0.0909. The highest BCUT2D eigenvalue weighted by Crippen LogP contribution is 2.33. The fraction of sp³-hybridized carbons (Fsp3) is 0.647. The maximum Gasteiger partial charge on any atom is 0.161 e. The molecule has 2 rings (SSSR count). The Labute approximate surface area is 127 Å². The van der Waals surface area contributed by atoms with E-state index >= 15 is 0 Å². The molecule has 0 spiro atoms. The first-order valence-corrected chi connectivity index (χ1v) is 7.65. The Morgan fingerprint density at radius 2 is 1.86 bits per heavy atom. The molecule has 21 heavy (non-hydrogen) atoms. The second-order valence-corrected chi connectivity index (χ2v) is 6.94. The third-order valence-electron chi connectivity index (χ3n) is 3.63. The van der Waals surface area contributed by atoms with E-state index in [1.807, 2.05) is 12.1 Å². The molecule has 2 atom stereocenters. The van der Waals surface area contributed by atoms with Crippen LogP contribution in [0.15, 0.2) is 18.2 Å². The number of hydrogen-bond acceptors (Lipinski definition) is 4. The van der Waals surface area contributed by atoms with Crippen molar-refractivity contribution in [3.63, 3.8) is 0 Å². The van der Waals surface area contributed by atoms with Gasteiger partial charge in [0.1, 0.15) is 13.2 Å². The van der Waals surface area contributed by atoms with Crippen LogP contribution < -0.4 is 14.8 Å². The zero-order chi connectivity index (χ0) is 15.5. The van der Waals surface area contributed by atoms with E-state index in [0.717, 1.165) is 23.5 Å². The van der Waals surface area contributed by atoms with Crippen molar-refractivity contribution in [3.8, 4) is 11.5 Å². The SMILES string of the molecule is CC(NC(CO)CC(C)(C)C)c1ccc2c(c1)OCCO2. The van der Waals surface area contributed by atoms with Crippen LogP contribution in [0.4, 0.5) is 0 Å². The van der Waals surface area contributed by atoms with E-state index in [4.69, 9.17) is 9.47 Å². The first kappa shape index (κ1) is 16.1. The van der Waals surface area contributed by atoms with Crippen molar-refractivity contribution in [3.05, 3.63) is 23.8 Å². The highest BCUT2D eigenvalue weighted by molar-refractivity contribution is 5.44. The number of fused-ring (bicyclic) bond motifs is 1. The average Bonchev–Trinajstić information content (AvgIpc) is 2.44. The van der Waals surface area contributed by atoms with Gasteiger partial charge in [0.25, 0.3) is 0 Å². The smallest absolute Gasteiger partial charge is 0.161 e. The largest absolute Gasteiger partial charge is 0.486 e. The fourth-order valence-electron chi connectivity index (χ4n) is 2.69. The molecule has 0 aliphatic carbocycles. The molecule has 1 aromatic carbocycles. The summed E-state index contributed by atoms with van der Waals surface area (Å²) >= 11 is 0. The van der Waals surface area contributed by atoms with Crippen molar-refractivity contribution >= 4 is 0 Å². The summed E-state index contributed by atoms with van der Waals surface area (Å²) < 4.78 is 11.2. The Hall–Kier alpha value is -1.26. The van der Waals surface area contributed by atoms with E-state index in [9.17, 15) is 5.11 Å². The molecule has 2 unspecified atom stereocenters. The monoisotopic (exact) mass is 293 g/mol. The number of aliphatic hydroxyl groups is 1. The Kier molecular flexibility index (Phi) is 5.12. The Bertz CT molecular complexity index is 468. The molecule has 0 saturated carbocycles. The lowest BCUT2D eigenvalue weighted by molar-refractivity contribution is 0.171. The maximum atomic E-state index is 9.57. The molecule has 4 heteroatoms. The van der Waals surface area contributed by atoms with E-state index in [1.54, 1.807) is 0 Å². The summed E-state index contributed by atoms with van der Waals surface area (Å²) in [6.07, 6.45) is 0.929. The predicted octanol–water partition coefficient (Wildman–Crippen LogP) is 2.91. The maximum absolute atomic E-state index is 9.57. The van der Waals surface area contributed by atoms with Crippen molar-refractivity contribution < 1.29 is 14.6 Å².